The van der Waals surface area contributed by atoms with Gasteiger partial charge in [-0.1, -0.05) is 13.8 Å². The molecule has 2 N–H and O–H groups in total. The van der Waals surface area contributed by atoms with Crippen LogP contribution in [-0.4, -0.2) is 16.1 Å². The standard InChI is InChI=1S/C14H20FN3/c1-4-18-12-6-5-10(15)9-11(12)17-13(18)14(2,3)7-8-16/h5-6,9H,4,7-8,16H2,1-3H3. The summed E-state index contributed by atoms with van der Waals surface area (Å²) < 4.78 is 15.4. The summed E-state index contributed by atoms with van der Waals surface area (Å²) in [4.78, 5) is 4.60. The minimum Gasteiger partial charge on any atom is -0.330 e. The van der Waals surface area contributed by atoms with Crippen LogP contribution in [0.1, 0.15) is 33.0 Å². The van der Waals surface area contributed by atoms with Gasteiger partial charge in [-0.2, -0.15) is 0 Å². The van der Waals surface area contributed by atoms with E-state index in [2.05, 4.69) is 30.3 Å². The first-order valence-electron chi connectivity index (χ1n) is 6.36. The molecule has 0 aliphatic carbocycles. The zero-order valence-electron chi connectivity index (χ0n) is 11.2. The number of nitrogens with two attached hydrogens (primary N) is 1. The highest BCUT2D eigenvalue weighted by Gasteiger charge is 2.26. The van der Waals surface area contributed by atoms with Crippen molar-refractivity contribution in [1.82, 2.24) is 9.55 Å². The van der Waals surface area contributed by atoms with Crippen molar-refractivity contribution in [3.05, 3.63) is 29.8 Å². The van der Waals surface area contributed by atoms with E-state index in [0.29, 0.717) is 6.54 Å². The molecular weight excluding hydrogens is 229 g/mol. The molecule has 3 nitrogen and oxygen atoms in total. The van der Waals surface area contributed by atoms with Crippen molar-refractivity contribution in [2.45, 2.75) is 39.2 Å². The van der Waals surface area contributed by atoms with Gasteiger partial charge in [-0.3, -0.25) is 0 Å². The fourth-order valence-corrected chi connectivity index (χ4v) is 2.41. The molecule has 1 aromatic carbocycles. The number of halogens is 1. The smallest absolute Gasteiger partial charge is 0.125 e. The van der Waals surface area contributed by atoms with E-state index >= 15 is 0 Å². The Morgan fingerprint density at radius 3 is 2.72 bits per heavy atom. The van der Waals surface area contributed by atoms with Gasteiger partial charge in [0.1, 0.15) is 11.6 Å². The third-order valence-corrected chi connectivity index (χ3v) is 3.40. The predicted molar refractivity (Wildman–Crippen MR) is 72.1 cm³/mol. The predicted octanol–water partition coefficient (Wildman–Crippen LogP) is 2.82. The lowest BCUT2D eigenvalue weighted by Crippen LogP contribution is -2.26. The Kier molecular flexibility index (Phi) is 3.39. The number of benzene rings is 1. The van der Waals surface area contributed by atoms with E-state index in [1.165, 1.54) is 12.1 Å². The molecule has 2 rings (SSSR count). The van der Waals surface area contributed by atoms with Crippen LogP contribution in [0.15, 0.2) is 18.2 Å². The minimum absolute atomic E-state index is 0.0970. The first-order valence-corrected chi connectivity index (χ1v) is 6.36. The average Bonchev–Trinajstić information content (AvgIpc) is 2.67. The molecule has 1 heterocycles. The van der Waals surface area contributed by atoms with Gasteiger partial charge in [0.05, 0.1) is 11.0 Å². The van der Waals surface area contributed by atoms with Crippen LogP contribution >= 0.6 is 0 Å². The quantitative estimate of drug-likeness (QED) is 0.905. The van der Waals surface area contributed by atoms with Crippen molar-refractivity contribution in [2.75, 3.05) is 6.54 Å². The van der Waals surface area contributed by atoms with Gasteiger partial charge in [0, 0.05) is 18.0 Å². The van der Waals surface area contributed by atoms with Crippen LogP contribution in [0.3, 0.4) is 0 Å². The van der Waals surface area contributed by atoms with Crippen LogP contribution < -0.4 is 5.73 Å². The number of aromatic nitrogens is 2. The van der Waals surface area contributed by atoms with E-state index in [4.69, 9.17) is 5.73 Å². The maximum atomic E-state index is 13.3. The Morgan fingerprint density at radius 1 is 1.39 bits per heavy atom. The van der Waals surface area contributed by atoms with Crippen molar-refractivity contribution in [3.63, 3.8) is 0 Å². The molecule has 0 bridgehead atoms. The lowest BCUT2D eigenvalue weighted by atomic mass is 9.88. The highest BCUT2D eigenvalue weighted by Crippen LogP contribution is 2.29. The van der Waals surface area contributed by atoms with E-state index in [0.717, 1.165) is 29.8 Å². The minimum atomic E-state index is -0.244. The zero-order valence-corrected chi connectivity index (χ0v) is 11.2. The topological polar surface area (TPSA) is 43.8 Å². The molecule has 0 fully saturated rings. The van der Waals surface area contributed by atoms with Gasteiger partial charge in [0.25, 0.3) is 0 Å². The van der Waals surface area contributed by atoms with Crippen molar-refractivity contribution in [3.8, 4) is 0 Å². The number of hydrogen-bond acceptors (Lipinski definition) is 2. The number of fused-ring (bicyclic) bond motifs is 1. The fraction of sp³-hybridized carbons (Fsp3) is 0.500. The highest BCUT2D eigenvalue weighted by molar-refractivity contribution is 5.76. The van der Waals surface area contributed by atoms with Crippen molar-refractivity contribution >= 4 is 11.0 Å². The molecule has 4 heteroatoms. The maximum Gasteiger partial charge on any atom is 0.125 e. The fourth-order valence-electron chi connectivity index (χ4n) is 2.41. The summed E-state index contributed by atoms with van der Waals surface area (Å²) in [5.74, 6) is 0.738. The van der Waals surface area contributed by atoms with Gasteiger partial charge in [0.15, 0.2) is 0 Å². The number of hydrogen-bond donors (Lipinski definition) is 1. The number of nitrogens with zero attached hydrogens (tertiary/aromatic N) is 2. The van der Waals surface area contributed by atoms with Crippen molar-refractivity contribution < 1.29 is 4.39 Å². The third-order valence-electron chi connectivity index (χ3n) is 3.40. The molecule has 0 aliphatic heterocycles. The SMILES string of the molecule is CCn1c(C(C)(C)CCN)nc2cc(F)ccc21. The Bertz CT molecular complexity index is 557. The molecule has 1 aromatic heterocycles. The molecule has 0 radical (unpaired) electrons. The Morgan fingerprint density at radius 2 is 2.11 bits per heavy atom. The third kappa shape index (κ3) is 2.12. The molecule has 2 aromatic rings. The molecule has 0 unspecified atom stereocenters. The maximum absolute atomic E-state index is 13.3. The zero-order chi connectivity index (χ0) is 13.3. The molecule has 0 saturated carbocycles. The monoisotopic (exact) mass is 249 g/mol. The summed E-state index contributed by atoms with van der Waals surface area (Å²) >= 11 is 0. The second-order valence-electron chi connectivity index (χ2n) is 5.24. The largest absolute Gasteiger partial charge is 0.330 e. The summed E-state index contributed by atoms with van der Waals surface area (Å²) in [7, 11) is 0. The summed E-state index contributed by atoms with van der Waals surface area (Å²) in [6.45, 7) is 7.78. The lowest BCUT2D eigenvalue weighted by molar-refractivity contribution is 0.437. The van der Waals surface area contributed by atoms with Gasteiger partial charge in [0.2, 0.25) is 0 Å². The lowest BCUT2D eigenvalue weighted by Gasteiger charge is -2.24. The summed E-state index contributed by atoms with van der Waals surface area (Å²) in [5.41, 5.74) is 7.27. The van der Waals surface area contributed by atoms with Gasteiger partial charge in [-0.25, -0.2) is 9.37 Å². The summed E-state index contributed by atoms with van der Waals surface area (Å²) in [6, 6.07) is 4.77. The van der Waals surface area contributed by atoms with Crippen LogP contribution in [0, 0.1) is 5.82 Å². The van der Waals surface area contributed by atoms with Gasteiger partial charge in [-0.15, -0.1) is 0 Å². The second-order valence-corrected chi connectivity index (χ2v) is 5.24. The van der Waals surface area contributed by atoms with E-state index in [9.17, 15) is 4.39 Å². The van der Waals surface area contributed by atoms with E-state index < -0.39 is 0 Å². The summed E-state index contributed by atoms with van der Waals surface area (Å²) in [6.07, 6.45) is 0.860. The molecule has 98 valence electrons. The normalized spacial score (nSPS) is 12.3. The van der Waals surface area contributed by atoms with Crippen LogP contribution in [0.25, 0.3) is 11.0 Å². The number of rotatable bonds is 4. The number of aryl methyl sites for hydroxylation is 1. The van der Waals surface area contributed by atoms with Crippen molar-refractivity contribution in [2.24, 2.45) is 5.73 Å². The van der Waals surface area contributed by atoms with Crippen LogP contribution in [-0.2, 0) is 12.0 Å². The highest BCUT2D eigenvalue weighted by atomic mass is 19.1. The first-order chi connectivity index (χ1) is 8.49. The molecule has 0 amide bonds. The molecule has 0 saturated heterocycles. The van der Waals surface area contributed by atoms with Gasteiger partial charge < -0.3 is 10.3 Å². The second kappa shape index (κ2) is 4.69. The number of imidazole rings is 1. The van der Waals surface area contributed by atoms with Gasteiger partial charge in [-0.05, 0) is 32.0 Å². The van der Waals surface area contributed by atoms with Gasteiger partial charge >= 0.3 is 0 Å². The first kappa shape index (κ1) is 13.0. The van der Waals surface area contributed by atoms with Crippen LogP contribution in [0.2, 0.25) is 0 Å². The molecule has 0 aliphatic rings. The Balaban J connectivity index is 2.63. The van der Waals surface area contributed by atoms with E-state index in [1.807, 2.05) is 0 Å². The molecule has 0 atom stereocenters. The van der Waals surface area contributed by atoms with Crippen LogP contribution in [0.5, 0.6) is 0 Å². The van der Waals surface area contributed by atoms with E-state index in [1.54, 1.807) is 6.07 Å². The van der Waals surface area contributed by atoms with Crippen LogP contribution in [0.4, 0.5) is 4.39 Å². The molecule has 18 heavy (non-hydrogen) atoms. The Labute approximate surface area is 107 Å². The van der Waals surface area contributed by atoms with Crippen molar-refractivity contribution in [1.29, 1.82) is 0 Å². The molecular formula is C14H20FN3. The van der Waals surface area contributed by atoms with E-state index in [-0.39, 0.29) is 11.2 Å². The Hall–Kier alpha value is -1.42. The average molecular weight is 249 g/mol. The molecule has 0 spiro atoms. The summed E-state index contributed by atoms with van der Waals surface area (Å²) in [5, 5.41) is 0.